The highest BCUT2D eigenvalue weighted by molar-refractivity contribution is 5.82. The minimum absolute atomic E-state index is 0.257. The van der Waals surface area contributed by atoms with Gasteiger partial charge in [-0.15, -0.1) is 0 Å². The molecule has 1 aliphatic rings. The zero-order valence-corrected chi connectivity index (χ0v) is 7.90. The summed E-state index contributed by atoms with van der Waals surface area (Å²) >= 11 is 0. The van der Waals surface area contributed by atoms with E-state index < -0.39 is 5.41 Å². The molecule has 14 heavy (non-hydrogen) atoms. The minimum atomic E-state index is -0.457. The largest absolute Gasteiger partial charge is 0.379 e. The predicted molar refractivity (Wildman–Crippen MR) is 52.6 cm³/mol. The van der Waals surface area contributed by atoms with Crippen molar-refractivity contribution in [3.05, 3.63) is 35.9 Å². The first-order valence-electron chi connectivity index (χ1n) is 4.65. The molecule has 1 saturated heterocycles. The first-order valence-corrected chi connectivity index (χ1v) is 4.65. The molecule has 3 nitrogen and oxygen atoms in total. The number of hydrogen-bond donors (Lipinski definition) is 1. The van der Waals surface area contributed by atoms with Crippen LogP contribution in [0.3, 0.4) is 0 Å². The standard InChI is InChI=1S/C11H13NO2/c12-10(13)11(7-14-8-11)6-9-4-2-1-3-5-9/h1-5H,6-8H2,(H2,12,13). The number of nitrogens with two attached hydrogens (primary N) is 1. The normalized spacial score (nSPS) is 18.6. The Kier molecular flexibility index (Phi) is 2.25. The molecule has 1 aliphatic heterocycles. The Labute approximate surface area is 82.9 Å². The van der Waals surface area contributed by atoms with Gasteiger partial charge in [0, 0.05) is 0 Å². The van der Waals surface area contributed by atoms with Crippen molar-refractivity contribution in [2.45, 2.75) is 6.42 Å². The van der Waals surface area contributed by atoms with Gasteiger partial charge in [0.15, 0.2) is 0 Å². The number of hydrogen-bond acceptors (Lipinski definition) is 2. The van der Waals surface area contributed by atoms with E-state index in [0.717, 1.165) is 5.56 Å². The van der Waals surface area contributed by atoms with Crippen LogP contribution in [-0.4, -0.2) is 19.1 Å². The van der Waals surface area contributed by atoms with E-state index in [1.807, 2.05) is 30.3 Å². The number of amides is 1. The molecule has 0 radical (unpaired) electrons. The first kappa shape index (κ1) is 9.21. The molecule has 1 heterocycles. The highest BCUT2D eigenvalue weighted by Crippen LogP contribution is 2.31. The van der Waals surface area contributed by atoms with Crippen molar-refractivity contribution < 1.29 is 9.53 Å². The molecule has 2 N–H and O–H groups in total. The number of rotatable bonds is 3. The van der Waals surface area contributed by atoms with Crippen molar-refractivity contribution in [2.75, 3.05) is 13.2 Å². The smallest absolute Gasteiger partial charge is 0.228 e. The fourth-order valence-corrected chi connectivity index (χ4v) is 1.67. The van der Waals surface area contributed by atoms with Crippen LogP contribution in [0.5, 0.6) is 0 Å². The Balaban J connectivity index is 2.13. The lowest BCUT2D eigenvalue weighted by molar-refractivity contribution is -0.158. The van der Waals surface area contributed by atoms with Crippen LogP contribution in [-0.2, 0) is 16.0 Å². The molecule has 0 bridgehead atoms. The maximum atomic E-state index is 11.3. The van der Waals surface area contributed by atoms with Gasteiger partial charge in [0.05, 0.1) is 18.6 Å². The average molecular weight is 191 g/mol. The lowest BCUT2D eigenvalue weighted by Gasteiger charge is -2.38. The Hall–Kier alpha value is -1.35. The Morgan fingerprint density at radius 1 is 1.36 bits per heavy atom. The van der Waals surface area contributed by atoms with Crippen LogP contribution in [0, 0.1) is 5.41 Å². The topological polar surface area (TPSA) is 52.3 Å². The number of ether oxygens (including phenoxy) is 1. The highest BCUT2D eigenvalue weighted by atomic mass is 16.5. The molecule has 1 amide bonds. The van der Waals surface area contributed by atoms with Gasteiger partial charge < -0.3 is 10.5 Å². The summed E-state index contributed by atoms with van der Waals surface area (Å²) in [5.74, 6) is -0.257. The molecule has 2 rings (SSSR count). The van der Waals surface area contributed by atoms with Gasteiger partial charge in [-0.25, -0.2) is 0 Å². The summed E-state index contributed by atoms with van der Waals surface area (Å²) in [4.78, 5) is 11.3. The van der Waals surface area contributed by atoms with E-state index in [4.69, 9.17) is 10.5 Å². The molecule has 0 saturated carbocycles. The van der Waals surface area contributed by atoms with Gasteiger partial charge in [-0.2, -0.15) is 0 Å². The van der Waals surface area contributed by atoms with Crippen molar-refractivity contribution >= 4 is 5.91 Å². The second-order valence-electron chi connectivity index (χ2n) is 3.80. The van der Waals surface area contributed by atoms with Crippen molar-refractivity contribution in [3.63, 3.8) is 0 Å². The van der Waals surface area contributed by atoms with Gasteiger partial charge in [0.2, 0.25) is 5.91 Å². The van der Waals surface area contributed by atoms with Gasteiger partial charge in [0.25, 0.3) is 0 Å². The highest BCUT2D eigenvalue weighted by Gasteiger charge is 2.44. The van der Waals surface area contributed by atoms with Crippen molar-refractivity contribution in [2.24, 2.45) is 11.1 Å². The van der Waals surface area contributed by atoms with Crippen molar-refractivity contribution in [3.8, 4) is 0 Å². The summed E-state index contributed by atoms with van der Waals surface area (Å²) in [5, 5.41) is 0. The van der Waals surface area contributed by atoms with Crippen LogP contribution in [0.2, 0.25) is 0 Å². The molecular weight excluding hydrogens is 178 g/mol. The quantitative estimate of drug-likeness (QED) is 0.765. The Bertz CT molecular complexity index is 330. The first-order chi connectivity index (χ1) is 6.73. The zero-order chi connectivity index (χ0) is 10.0. The summed E-state index contributed by atoms with van der Waals surface area (Å²) in [7, 11) is 0. The number of benzene rings is 1. The third-order valence-electron chi connectivity index (χ3n) is 2.66. The molecule has 1 fully saturated rings. The Morgan fingerprint density at radius 3 is 2.43 bits per heavy atom. The maximum Gasteiger partial charge on any atom is 0.228 e. The SMILES string of the molecule is NC(=O)C1(Cc2ccccc2)COC1. The summed E-state index contributed by atoms with van der Waals surface area (Å²) in [5.41, 5.74) is 6.04. The van der Waals surface area contributed by atoms with Crippen molar-refractivity contribution in [1.29, 1.82) is 0 Å². The Morgan fingerprint density at radius 2 is 2.00 bits per heavy atom. The average Bonchev–Trinajstić information content (AvgIpc) is 2.12. The molecule has 1 aromatic rings. The van der Waals surface area contributed by atoms with Crippen LogP contribution in [0.4, 0.5) is 0 Å². The van der Waals surface area contributed by atoms with Crippen LogP contribution in [0.25, 0.3) is 0 Å². The number of carbonyl (C=O) groups excluding carboxylic acids is 1. The molecule has 1 aromatic carbocycles. The minimum Gasteiger partial charge on any atom is -0.379 e. The third kappa shape index (κ3) is 1.51. The molecule has 0 aromatic heterocycles. The van der Waals surface area contributed by atoms with Crippen LogP contribution in [0.15, 0.2) is 30.3 Å². The van der Waals surface area contributed by atoms with E-state index in [0.29, 0.717) is 19.6 Å². The zero-order valence-electron chi connectivity index (χ0n) is 7.90. The predicted octanol–water partition coefficient (Wildman–Crippen LogP) is 0.731. The fourth-order valence-electron chi connectivity index (χ4n) is 1.67. The third-order valence-corrected chi connectivity index (χ3v) is 2.66. The number of primary amides is 1. The van der Waals surface area contributed by atoms with E-state index >= 15 is 0 Å². The second-order valence-corrected chi connectivity index (χ2v) is 3.80. The molecule has 0 aliphatic carbocycles. The monoisotopic (exact) mass is 191 g/mol. The van der Waals surface area contributed by atoms with Gasteiger partial charge in [-0.3, -0.25) is 4.79 Å². The lowest BCUT2D eigenvalue weighted by Crippen LogP contribution is -2.53. The van der Waals surface area contributed by atoms with Crippen molar-refractivity contribution in [1.82, 2.24) is 0 Å². The van der Waals surface area contributed by atoms with Crippen LogP contribution in [0.1, 0.15) is 5.56 Å². The van der Waals surface area contributed by atoms with Gasteiger partial charge in [-0.1, -0.05) is 30.3 Å². The molecular formula is C11H13NO2. The summed E-state index contributed by atoms with van der Waals surface area (Å²) < 4.78 is 5.07. The summed E-state index contributed by atoms with van der Waals surface area (Å²) in [6, 6.07) is 9.89. The summed E-state index contributed by atoms with van der Waals surface area (Å²) in [6.07, 6.45) is 0.684. The second kappa shape index (κ2) is 3.42. The summed E-state index contributed by atoms with van der Waals surface area (Å²) in [6.45, 7) is 0.911. The van der Waals surface area contributed by atoms with Crippen LogP contribution < -0.4 is 5.73 Å². The van der Waals surface area contributed by atoms with Crippen LogP contribution >= 0.6 is 0 Å². The van der Waals surface area contributed by atoms with E-state index in [2.05, 4.69) is 0 Å². The molecule has 74 valence electrons. The molecule has 3 heteroatoms. The molecule has 0 unspecified atom stereocenters. The number of carbonyl (C=O) groups is 1. The van der Waals surface area contributed by atoms with E-state index in [1.165, 1.54) is 0 Å². The van der Waals surface area contributed by atoms with E-state index in [1.54, 1.807) is 0 Å². The molecule has 0 atom stereocenters. The fraction of sp³-hybridized carbons (Fsp3) is 0.364. The van der Waals surface area contributed by atoms with E-state index in [-0.39, 0.29) is 5.91 Å². The van der Waals surface area contributed by atoms with Gasteiger partial charge in [0.1, 0.15) is 0 Å². The van der Waals surface area contributed by atoms with E-state index in [9.17, 15) is 4.79 Å². The lowest BCUT2D eigenvalue weighted by atomic mass is 9.79. The van der Waals surface area contributed by atoms with Gasteiger partial charge >= 0.3 is 0 Å². The maximum absolute atomic E-state index is 11.3. The van der Waals surface area contributed by atoms with Gasteiger partial charge in [-0.05, 0) is 12.0 Å². The molecule has 0 spiro atoms.